The van der Waals surface area contributed by atoms with Gasteiger partial charge < -0.3 is 10.2 Å². The van der Waals surface area contributed by atoms with Gasteiger partial charge in [-0.1, -0.05) is 37.3 Å². The normalized spacial score (nSPS) is 32.1. The summed E-state index contributed by atoms with van der Waals surface area (Å²) in [6, 6.07) is 10.1. The van der Waals surface area contributed by atoms with Crippen LogP contribution in [0.2, 0.25) is 0 Å². The summed E-state index contributed by atoms with van der Waals surface area (Å²) < 4.78 is 0. The molecule has 2 rings (SSSR count). The van der Waals surface area contributed by atoms with Gasteiger partial charge in [-0.05, 0) is 36.2 Å². The number of carboxylic acids is 1. The highest BCUT2D eigenvalue weighted by atomic mass is 16.4. The average Bonchev–Trinajstić information content (AvgIpc) is 2.34. The minimum Gasteiger partial charge on any atom is -0.481 e. The van der Waals surface area contributed by atoms with Gasteiger partial charge in [0, 0.05) is 6.42 Å². The molecule has 3 heteroatoms. The van der Waals surface area contributed by atoms with Crippen molar-refractivity contribution in [3.8, 4) is 0 Å². The molecule has 1 saturated carbocycles. The van der Waals surface area contributed by atoms with Crippen LogP contribution in [-0.4, -0.2) is 22.3 Å². The summed E-state index contributed by atoms with van der Waals surface area (Å²) in [5.41, 5.74) is 1.04. The van der Waals surface area contributed by atoms with E-state index in [1.807, 2.05) is 18.2 Å². The first-order valence-electron chi connectivity index (χ1n) is 6.48. The molecular weight excluding hydrogens is 228 g/mol. The molecule has 0 amide bonds. The number of hydrogen-bond donors (Lipinski definition) is 2. The predicted molar refractivity (Wildman–Crippen MR) is 69.4 cm³/mol. The maximum Gasteiger partial charge on any atom is 0.303 e. The zero-order valence-electron chi connectivity index (χ0n) is 10.7. The average molecular weight is 248 g/mol. The topological polar surface area (TPSA) is 57.5 Å². The number of aliphatic hydroxyl groups excluding tert-OH is 1. The van der Waals surface area contributed by atoms with Crippen LogP contribution in [0.4, 0.5) is 0 Å². The molecule has 0 heterocycles. The Hall–Kier alpha value is -1.35. The van der Waals surface area contributed by atoms with Gasteiger partial charge in [0.2, 0.25) is 0 Å². The highest BCUT2D eigenvalue weighted by Crippen LogP contribution is 2.45. The van der Waals surface area contributed by atoms with E-state index < -0.39 is 5.97 Å². The molecule has 1 fully saturated rings. The number of hydrogen-bond acceptors (Lipinski definition) is 2. The van der Waals surface area contributed by atoms with Crippen molar-refractivity contribution in [3.05, 3.63) is 35.9 Å². The van der Waals surface area contributed by atoms with E-state index in [1.165, 1.54) is 5.56 Å². The molecule has 0 bridgehead atoms. The molecule has 2 N–H and O–H groups in total. The van der Waals surface area contributed by atoms with Crippen molar-refractivity contribution in [3.63, 3.8) is 0 Å². The zero-order valence-corrected chi connectivity index (χ0v) is 10.7. The van der Waals surface area contributed by atoms with Crippen molar-refractivity contribution in [2.75, 3.05) is 0 Å². The van der Waals surface area contributed by atoms with E-state index in [0.29, 0.717) is 6.42 Å². The molecule has 0 saturated heterocycles. The lowest BCUT2D eigenvalue weighted by atomic mass is 9.62. The SMILES string of the molecule is C[C@@]1(c2ccccc2)CC[C@H](O)C[C@@H]1CC(=O)O. The predicted octanol–water partition coefficient (Wildman–Crippen LogP) is 2.58. The summed E-state index contributed by atoms with van der Waals surface area (Å²) in [6.45, 7) is 2.13. The molecule has 1 aliphatic rings. The van der Waals surface area contributed by atoms with Gasteiger partial charge in [-0.15, -0.1) is 0 Å². The van der Waals surface area contributed by atoms with Gasteiger partial charge in [0.05, 0.1) is 6.10 Å². The van der Waals surface area contributed by atoms with Gasteiger partial charge in [-0.2, -0.15) is 0 Å². The zero-order chi connectivity index (χ0) is 13.2. The fourth-order valence-electron chi connectivity index (χ4n) is 3.10. The molecule has 0 spiro atoms. The van der Waals surface area contributed by atoms with E-state index in [-0.39, 0.29) is 23.9 Å². The van der Waals surface area contributed by atoms with Crippen LogP contribution >= 0.6 is 0 Å². The summed E-state index contributed by atoms with van der Waals surface area (Å²) in [5.74, 6) is -0.780. The van der Waals surface area contributed by atoms with Crippen molar-refractivity contribution >= 4 is 5.97 Å². The molecule has 0 aromatic heterocycles. The third-order valence-electron chi connectivity index (χ3n) is 4.31. The molecule has 1 aromatic rings. The Morgan fingerprint density at radius 2 is 2.06 bits per heavy atom. The second kappa shape index (κ2) is 5.11. The first-order valence-corrected chi connectivity index (χ1v) is 6.48. The Balaban J connectivity index is 2.29. The summed E-state index contributed by atoms with van der Waals surface area (Å²) in [4.78, 5) is 11.0. The van der Waals surface area contributed by atoms with Crippen LogP contribution in [0, 0.1) is 5.92 Å². The first kappa shape index (κ1) is 13.1. The van der Waals surface area contributed by atoms with Gasteiger partial charge in [-0.25, -0.2) is 0 Å². The van der Waals surface area contributed by atoms with Crippen LogP contribution in [0.3, 0.4) is 0 Å². The number of aliphatic hydroxyl groups is 1. The number of carboxylic acid groups (broad SMARTS) is 1. The van der Waals surface area contributed by atoms with Crippen molar-refractivity contribution in [1.82, 2.24) is 0 Å². The first-order chi connectivity index (χ1) is 8.52. The number of aliphatic carboxylic acids is 1. The van der Waals surface area contributed by atoms with Crippen LogP contribution in [0.1, 0.15) is 38.2 Å². The van der Waals surface area contributed by atoms with Crippen molar-refractivity contribution in [2.45, 2.75) is 44.1 Å². The molecule has 3 nitrogen and oxygen atoms in total. The summed E-state index contributed by atoms with van der Waals surface area (Å²) in [6.07, 6.45) is 1.95. The van der Waals surface area contributed by atoms with Gasteiger partial charge in [-0.3, -0.25) is 4.79 Å². The quantitative estimate of drug-likeness (QED) is 0.864. The summed E-state index contributed by atoms with van der Waals surface area (Å²) >= 11 is 0. The van der Waals surface area contributed by atoms with E-state index in [0.717, 1.165) is 12.8 Å². The lowest BCUT2D eigenvalue weighted by Crippen LogP contribution is -2.40. The van der Waals surface area contributed by atoms with Crippen LogP contribution < -0.4 is 0 Å². The Labute approximate surface area is 107 Å². The molecule has 0 aliphatic heterocycles. The molecule has 0 radical (unpaired) electrons. The largest absolute Gasteiger partial charge is 0.481 e. The van der Waals surface area contributed by atoms with Crippen molar-refractivity contribution < 1.29 is 15.0 Å². The second-order valence-electron chi connectivity index (χ2n) is 5.51. The van der Waals surface area contributed by atoms with Crippen LogP contribution in [0.15, 0.2) is 30.3 Å². The molecule has 0 unspecified atom stereocenters. The maximum absolute atomic E-state index is 11.0. The van der Waals surface area contributed by atoms with Crippen LogP contribution in [-0.2, 0) is 10.2 Å². The lowest BCUT2D eigenvalue weighted by molar-refractivity contribution is -0.139. The number of rotatable bonds is 3. The molecule has 1 aliphatic carbocycles. The number of benzene rings is 1. The monoisotopic (exact) mass is 248 g/mol. The molecule has 98 valence electrons. The van der Waals surface area contributed by atoms with E-state index in [2.05, 4.69) is 19.1 Å². The fraction of sp³-hybridized carbons (Fsp3) is 0.533. The van der Waals surface area contributed by atoms with Gasteiger partial charge in [0.1, 0.15) is 0 Å². The van der Waals surface area contributed by atoms with E-state index >= 15 is 0 Å². The summed E-state index contributed by atoms with van der Waals surface area (Å²) in [7, 11) is 0. The highest BCUT2D eigenvalue weighted by Gasteiger charge is 2.41. The number of carbonyl (C=O) groups is 1. The Morgan fingerprint density at radius 1 is 1.39 bits per heavy atom. The molecule has 1 aromatic carbocycles. The summed E-state index contributed by atoms with van der Waals surface area (Å²) in [5, 5.41) is 18.8. The smallest absolute Gasteiger partial charge is 0.303 e. The van der Waals surface area contributed by atoms with E-state index in [4.69, 9.17) is 5.11 Å². The Kier molecular flexibility index (Phi) is 3.71. The fourth-order valence-corrected chi connectivity index (χ4v) is 3.10. The van der Waals surface area contributed by atoms with Gasteiger partial charge in [0.15, 0.2) is 0 Å². The lowest BCUT2D eigenvalue weighted by Gasteiger charge is -2.43. The van der Waals surface area contributed by atoms with Crippen LogP contribution in [0.25, 0.3) is 0 Å². The maximum atomic E-state index is 11.0. The van der Waals surface area contributed by atoms with Gasteiger partial charge >= 0.3 is 5.97 Å². The Bertz CT molecular complexity index is 415. The Morgan fingerprint density at radius 3 is 2.67 bits per heavy atom. The minimum atomic E-state index is -0.781. The third kappa shape index (κ3) is 2.56. The molecular formula is C15H20O3. The standard InChI is InChI=1S/C15H20O3/c1-15(11-5-3-2-4-6-11)8-7-13(16)9-12(15)10-14(17)18/h2-6,12-13,16H,7-10H2,1H3,(H,17,18)/t12-,13+,15+/m1/s1. The molecule has 3 atom stereocenters. The van der Waals surface area contributed by atoms with Crippen molar-refractivity contribution in [1.29, 1.82) is 0 Å². The van der Waals surface area contributed by atoms with E-state index in [1.54, 1.807) is 0 Å². The van der Waals surface area contributed by atoms with Gasteiger partial charge in [0.25, 0.3) is 0 Å². The minimum absolute atomic E-state index is 0.00106. The van der Waals surface area contributed by atoms with Crippen LogP contribution in [0.5, 0.6) is 0 Å². The second-order valence-corrected chi connectivity index (χ2v) is 5.51. The van der Waals surface area contributed by atoms with Crippen molar-refractivity contribution in [2.24, 2.45) is 5.92 Å². The highest BCUT2D eigenvalue weighted by molar-refractivity contribution is 5.67. The third-order valence-corrected chi connectivity index (χ3v) is 4.31. The molecule has 18 heavy (non-hydrogen) atoms. The van der Waals surface area contributed by atoms with E-state index in [9.17, 15) is 9.90 Å².